The molecule has 27 heavy (non-hydrogen) atoms. The average molecular weight is 384 g/mol. The number of anilines is 2. The second-order valence-electron chi connectivity index (χ2n) is 6.99. The second kappa shape index (κ2) is 7.30. The summed E-state index contributed by atoms with van der Waals surface area (Å²) in [6.07, 6.45) is 5.44. The summed E-state index contributed by atoms with van der Waals surface area (Å²) in [4.78, 5) is 14.7. The molecule has 0 aliphatic carbocycles. The Balaban J connectivity index is 1.46. The number of rotatable bonds is 4. The zero-order valence-corrected chi connectivity index (χ0v) is 16.5. The molecule has 0 amide bonds. The van der Waals surface area contributed by atoms with Gasteiger partial charge in [-0.25, -0.2) is 9.98 Å². The van der Waals surface area contributed by atoms with Gasteiger partial charge in [-0.2, -0.15) is 0 Å². The van der Waals surface area contributed by atoms with E-state index < -0.39 is 5.79 Å². The van der Waals surface area contributed by atoms with Crippen LogP contribution in [0.4, 0.5) is 10.8 Å². The molecule has 1 unspecified atom stereocenters. The van der Waals surface area contributed by atoms with Crippen molar-refractivity contribution in [3.63, 3.8) is 0 Å². The Kier molecular flexibility index (Phi) is 4.86. The topological polar surface area (TPSA) is 81.8 Å². The smallest absolute Gasteiger partial charge is 0.210 e. The Labute approximate surface area is 163 Å². The highest BCUT2D eigenvalue weighted by molar-refractivity contribution is 7.15. The average Bonchev–Trinajstić information content (AvgIpc) is 3.07. The van der Waals surface area contributed by atoms with Crippen molar-refractivity contribution >= 4 is 28.4 Å². The maximum absolute atomic E-state index is 6.55. The fourth-order valence-electron chi connectivity index (χ4n) is 3.25. The minimum absolute atomic E-state index is 0.782. The molecule has 1 saturated heterocycles. The quantitative estimate of drug-likeness (QED) is 0.748. The van der Waals surface area contributed by atoms with Crippen LogP contribution in [0.5, 0.6) is 0 Å². The molecule has 3 heterocycles. The van der Waals surface area contributed by atoms with E-state index >= 15 is 0 Å². The second-order valence-corrected chi connectivity index (χ2v) is 8.22. The molecule has 7 nitrogen and oxygen atoms in total. The van der Waals surface area contributed by atoms with Gasteiger partial charge in [0.1, 0.15) is 5.82 Å². The van der Waals surface area contributed by atoms with Crippen LogP contribution in [-0.4, -0.2) is 49.3 Å². The zero-order chi connectivity index (χ0) is 18.9. The van der Waals surface area contributed by atoms with Gasteiger partial charge in [-0.05, 0) is 32.2 Å². The predicted molar refractivity (Wildman–Crippen MR) is 112 cm³/mol. The van der Waals surface area contributed by atoms with Crippen LogP contribution in [0.15, 0.2) is 47.4 Å². The number of piperazine rings is 1. The summed E-state index contributed by atoms with van der Waals surface area (Å²) in [5, 5.41) is 7.38. The van der Waals surface area contributed by atoms with Crippen molar-refractivity contribution in [1.82, 2.24) is 15.2 Å². The zero-order valence-electron chi connectivity index (χ0n) is 15.6. The summed E-state index contributed by atoms with van der Waals surface area (Å²) in [7, 11) is 2.16. The molecular formula is C19H25N7S. The standard InChI is InChI=1S/C19H25N7S/c1-14-13-21-18(27-14)23-17-7-8-22-19(20,24-17)15-3-5-16(6-4-15)26-11-9-25(2)10-12-26/h3-8,13,24H,9-12,20H2,1-2H3,(H,21,23). The van der Waals surface area contributed by atoms with Gasteiger partial charge in [-0.3, -0.25) is 5.73 Å². The molecule has 1 aromatic heterocycles. The number of allylic oxidation sites excluding steroid dienone is 1. The first-order valence-corrected chi connectivity index (χ1v) is 9.89. The van der Waals surface area contributed by atoms with Crippen LogP contribution in [0.3, 0.4) is 0 Å². The van der Waals surface area contributed by atoms with Gasteiger partial charge in [0.15, 0.2) is 5.13 Å². The summed E-state index contributed by atoms with van der Waals surface area (Å²) in [6, 6.07) is 8.35. The SMILES string of the molecule is Cc1cnc(NC2=CC=NC(N)(c3ccc(N4CCN(C)CC4)cc3)N2)s1. The molecule has 1 fully saturated rings. The van der Waals surface area contributed by atoms with Crippen molar-refractivity contribution in [2.45, 2.75) is 12.7 Å². The Hall–Kier alpha value is -2.42. The highest BCUT2D eigenvalue weighted by atomic mass is 32.1. The summed E-state index contributed by atoms with van der Waals surface area (Å²) in [5.74, 6) is -0.214. The third kappa shape index (κ3) is 3.97. The number of nitrogens with one attached hydrogen (secondary N) is 2. The molecule has 8 heteroatoms. The van der Waals surface area contributed by atoms with Crippen LogP contribution in [0.2, 0.25) is 0 Å². The molecule has 2 aliphatic rings. The Morgan fingerprint density at radius 3 is 2.59 bits per heavy atom. The van der Waals surface area contributed by atoms with Gasteiger partial charge in [0.05, 0.1) is 0 Å². The number of likely N-dealkylation sites (N-methyl/N-ethyl adjacent to an activating group) is 1. The van der Waals surface area contributed by atoms with Crippen molar-refractivity contribution in [2.24, 2.45) is 10.7 Å². The number of aromatic nitrogens is 1. The van der Waals surface area contributed by atoms with Crippen molar-refractivity contribution in [3.05, 3.63) is 52.8 Å². The van der Waals surface area contributed by atoms with E-state index in [4.69, 9.17) is 5.73 Å². The van der Waals surface area contributed by atoms with Crippen LogP contribution >= 0.6 is 11.3 Å². The first-order valence-electron chi connectivity index (χ1n) is 9.08. The lowest BCUT2D eigenvalue weighted by Crippen LogP contribution is -2.51. The van der Waals surface area contributed by atoms with Gasteiger partial charge in [0.25, 0.3) is 0 Å². The largest absolute Gasteiger partial charge is 0.369 e. The Morgan fingerprint density at radius 1 is 1.19 bits per heavy atom. The third-order valence-corrected chi connectivity index (χ3v) is 5.71. The minimum atomic E-state index is -0.996. The Bertz CT molecular complexity index is 849. The maximum Gasteiger partial charge on any atom is 0.210 e. The van der Waals surface area contributed by atoms with Crippen LogP contribution in [0.25, 0.3) is 0 Å². The molecule has 0 bridgehead atoms. The number of hydrogen-bond acceptors (Lipinski definition) is 8. The van der Waals surface area contributed by atoms with E-state index in [0.29, 0.717) is 0 Å². The van der Waals surface area contributed by atoms with E-state index in [1.165, 1.54) is 5.69 Å². The highest BCUT2D eigenvalue weighted by Gasteiger charge is 2.29. The molecule has 1 atom stereocenters. The summed E-state index contributed by atoms with van der Waals surface area (Å²) < 4.78 is 0. The van der Waals surface area contributed by atoms with Gasteiger partial charge in [-0.1, -0.05) is 12.1 Å². The van der Waals surface area contributed by atoms with Gasteiger partial charge < -0.3 is 20.4 Å². The molecular weight excluding hydrogens is 358 g/mol. The molecule has 0 saturated carbocycles. The van der Waals surface area contributed by atoms with E-state index in [-0.39, 0.29) is 0 Å². The number of nitrogens with zero attached hydrogens (tertiary/aromatic N) is 4. The lowest BCUT2D eigenvalue weighted by molar-refractivity contribution is 0.313. The monoisotopic (exact) mass is 383 g/mol. The van der Waals surface area contributed by atoms with Crippen molar-refractivity contribution in [3.8, 4) is 0 Å². The van der Waals surface area contributed by atoms with Crippen LogP contribution in [0, 0.1) is 6.92 Å². The highest BCUT2D eigenvalue weighted by Crippen LogP contribution is 2.25. The fourth-order valence-corrected chi connectivity index (χ4v) is 3.92. The van der Waals surface area contributed by atoms with E-state index in [1.54, 1.807) is 17.6 Å². The van der Waals surface area contributed by atoms with E-state index in [1.807, 2.05) is 19.2 Å². The molecule has 0 spiro atoms. The number of aryl methyl sites for hydroxylation is 1. The number of benzene rings is 1. The summed E-state index contributed by atoms with van der Waals surface area (Å²) in [5.41, 5.74) is 8.69. The summed E-state index contributed by atoms with van der Waals surface area (Å²) in [6.45, 7) is 6.30. The van der Waals surface area contributed by atoms with E-state index in [0.717, 1.165) is 47.6 Å². The number of nitrogens with two attached hydrogens (primary N) is 1. The molecule has 4 N–H and O–H groups in total. The first-order chi connectivity index (χ1) is 13.0. The third-order valence-electron chi connectivity index (χ3n) is 4.88. The van der Waals surface area contributed by atoms with Gasteiger partial charge in [0, 0.05) is 54.7 Å². The van der Waals surface area contributed by atoms with E-state index in [9.17, 15) is 0 Å². The first kappa shape index (κ1) is 18.0. The van der Waals surface area contributed by atoms with Gasteiger partial charge in [0.2, 0.25) is 5.79 Å². The van der Waals surface area contributed by atoms with Gasteiger partial charge >= 0.3 is 0 Å². The number of thiazole rings is 1. The lowest BCUT2D eigenvalue weighted by Gasteiger charge is -2.35. The normalized spacial score (nSPS) is 23.1. The molecule has 1 aromatic carbocycles. The van der Waals surface area contributed by atoms with Crippen molar-refractivity contribution in [1.29, 1.82) is 0 Å². The molecule has 142 valence electrons. The van der Waals surface area contributed by atoms with Crippen molar-refractivity contribution < 1.29 is 0 Å². The summed E-state index contributed by atoms with van der Waals surface area (Å²) >= 11 is 1.60. The lowest BCUT2D eigenvalue weighted by atomic mass is 10.1. The molecule has 4 rings (SSSR count). The fraction of sp³-hybridized carbons (Fsp3) is 0.368. The molecule has 0 radical (unpaired) electrons. The predicted octanol–water partition coefficient (Wildman–Crippen LogP) is 1.90. The van der Waals surface area contributed by atoms with E-state index in [2.05, 4.69) is 61.7 Å². The van der Waals surface area contributed by atoms with Gasteiger partial charge in [-0.15, -0.1) is 11.3 Å². The van der Waals surface area contributed by atoms with Crippen molar-refractivity contribution in [2.75, 3.05) is 43.4 Å². The van der Waals surface area contributed by atoms with Crippen LogP contribution in [0.1, 0.15) is 10.4 Å². The minimum Gasteiger partial charge on any atom is -0.369 e. The Morgan fingerprint density at radius 2 is 1.93 bits per heavy atom. The maximum atomic E-state index is 6.55. The number of aliphatic imine (C=N–C) groups is 1. The van der Waals surface area contributed by atoms with Crippen LogP contribution in [-0.2, 0) is 5.79 Å². The number of hydrogen-bond donors (Lipinski definition) is 3. The van der Waals surface area contributed by atoms with Crippen LogP contribution < -0.4 is 21.3 Å². The molecule has 2 aromatic rings. The molecule has 2 aliphatic heterocycles.